The molecule has 2 aromatic carbocycles. The zero-order valence-electron chi connectivity index (χ0n) is 16.6. The first kappa shape index (κ1) is 20.2. The highest BCUT2D eigenvalue weighted by molar-refractivity contribution is 6.39. The first-order chi connectivity index (χ1) is 15.0. The Hall–Kier alpha value is -2.70. The third kappa shape index (κ3) is 3.75. The number of piperidine rings is 1. The maximum absolute atomic E-state index is 13.0. The van der Waals surface area contributed by atoms with Gasteiger partial charge in [-0.3, -0.25) is 9.59 Å². The molecule has 1 N–H and O–H groups in total. The second-order valence-corrected chi connectivity index (χ2v) is 8.61. The number of hydrogen-bond acceptors (Lipinski definition) is 4. The molecule has 1 saturated heterocycles. The summed E-state index contributed by atoms with van der Waals surface area (Å²) in [6.07, 6.45) is 1.20. The van der Waals surface area contributed by atoms with Crippen LogP contribution in [0.25, 0.3) is 10.9 Å². The van der Waals surface area contributed by atoms with Gasteiger partial charge in [-0.15, -0.1) is 0 Å². The fourth-order valence-electron chi connectivity index (χ4n) is 4.21. The van der Waals surface area contributed by atoms with E-state index < -0.39 is 0 Å². The van der Waals surface area contributed by atoms with Crippen molar-refractivity contribution in [3.63, 3.8) is 0 Å². The van der Waals surface area contributed by atoms with Crippen LogP contribution < -0.4 is 9.47 Å². The van der Waals surface area contributed by atoms with Crippen LogP contribution in [0.3, 0.4) is 0 Å². The highest BCUT2D eigenvalue weighted by Gasteiger charge is 2.30. The monoisotopic (exact) mass is 458 g/mol. The van der Waals surface area contributed by atoms with Crippen molar-refractivity contribution < 1.29 is 19.1 Å². The molecule has 0 radical (unpaired) electrons. The van der Waals surface area contributed by atoms with Gasteiger partial charge in [-0.1, -0.05) is 23.2 Å². The van der Waals surface area contributed by atoms with Gasteiger partial charge >= 0.3 is 0 Å². The number of halogens is 2. The van der Waals surface area contributed by atoms with Crippen molar-refractivity contribution in [1.82, 2.24) is 9.88 Å². The van der Waals surface area contributed by atoms with Crippen molar-refractivity contribution in [3.8, 4) is 11.5 Å². The van der Waals surface area contributed by atoms with Crippen LogP contribution in [-0.2, 0) is 0 Å². The Labute approximate surface area is 189 Å². The van der Waals surface area contributed by atoms with E-state index in [-0.39, 0.29) is 17.6 Å². The highest BCUT2D eigenvalue weighted by atomic mass is 35.5. The van der Waals surface area contributed by atoms with Crippen LogP contribution >= 0.6 is 23.2 Å². The van der Waals surface area contributed by atoms with Crippen LogP contribution in [0, 0.1) is 5.92 Å². The molecule has 1 aromatic heterocycles. The molecule has 1 fully saturated rings. The van der Waals surface area contributed by atoms with Gasteiger partial charge in [0.1, 0.15) is 18.9 Å². The molecule has 3 aromatic rings. The van der Waals surface area contributed by atoms with Crippen LogP contribution in [0.2, 0.25) is 10.0 Å². The van der Waals surface area contributed by atoms with E-state index in [4.69, 9.17) is 32.7 Å². The number of aromatic amines is 1. The molecule has 1 amide bonds. The molecule has 2 aliphatic rings. The van der Waals surface area contributed by atoms with Gasteiger partial charge in [-0.05, 0) is 49.2 Å². The average molecular weight is 459 g/mol. The molecule has 8 heteroatoms. The van der Waals surface area contributed by atoms with Gasteiger partial charge in [0.2, 0.25) is 0 Å². The van der Waals surface area contributed by atoms with E-state index in [9.17, 15) is 9.59 Å². The average Bonchev–Trinajstić information content (AvgIpc) is 3.13. The maximum atomic E-state index is 13.0. The molecule has 0 aliphatic carbocycles. The Balaban J connectivity index is 1.27. The lowest BCUT2D eigenvalue weighted by Gasteiger charge is -2.31. The molecule has 2 aliphatic heterocycles. The van der Waals surface area contributed by atoms with Crippen molar-refractivity contribution >= 4 is 45.8 Å². The zero-order valence-corrected chi connectivity index (χ0v) is 18.1. The minimum atomic E-state index is -0.164. The number of rotatable bonds is 3. The van der Waals surface area contributed by atoms with Crippen LogP contribution in [0.15, 0.2) is 36.4 Å². The molecule has 0 atom stereocenters. The number of hydrogen-bond donors (Lipinski definition) is 1. The van der Waals surface area contributed by atoms with Crippen LogP contribution in [0.1, 0.15) is 33.7 Å². The minimum absolute atomic E-state index is 0.0716. The predicted molar refractivity (Wildman–Crippen MR) is 119 cm³/mol. The number of ether oxygens (including phenoxy) is 2. The zero-order chi connectivity index (χ0) is 21.5. The van der Waals surface area contributed by atoms with Crippen molar-refractivity contribution in [2.75, 3.05) is 26.3 Å². The van der Waals surface area contributed by atoms with E-state index in [0.717, 1.165) is 10.9 Å². The smallest absolute Gasteiger partial charge is 0.271 e. The van der Waals surface area contributed by atoms with E-state index in [0.29, 0.717) is 71.9 Å². The van der Waals surface area contributed by atoms with Gasteiger partial charge in [0.05, 0.1) is 5.02 Å². The number of carbonyl (C=O) groups is 2. The van der Waals surface area contributed by atoms with Crippen molar-refractivity contribution in [1.29, 1.82) is 0 Å². The number of carbonyl (C=O) groups excluding carboxylic acids is 2. The summed E-state index contributed by atoms with van der Waals surface area (Å²) in [6.45, 7) is 1.98. The van der Waals surface area contributed by atoms with Crippen LogP contribution in [0.4, 0.5) is 0 Å². The summed E-state index contributed by atoms with van der Waals surface area (Å²) >= 11 is 12.5. The van der Waals surface area contributed by atoms with E-state index in [1.807, 2.05) is 0 Å². The predicted octanol–water partition coefficient (Wildman–Crippen LogP) is 4.98. The summed E-state index contributed by atoms with van der Waals surface area (Å²) in [5, 5.41) is 1.66. The number of benzene rings is 2. The Morgan fingerprint density at radius 3 is 2.48 bits per heavy atom. The molecular weight excluding hydrogens is 439 g/mol. The van der Waals surface area contributed by atoms with Gasteiger partial charge in [-0.25, -0.2) is 0 Å². The van der Waals surface area contributed by atoms with E-state index in [1.165, 1.54) is 0 Å². The van der Waals surface area contributed by atoms with Crippen molar-refractivity contribution in [3.05, 3.63) is 57.7 Å². The number of ketones is 1. The summed E-state index contributed by atoms with van der Waals surface area (Å²) in [5.41, 5.74) is 1.74. The number of nitrogens with zero attached hydrogens (tertiary/aromatic N) is 1. The Morgan fingerprint density at radius 1 is 0.968 bits per heavy atom. The molecule has 0 unspecified atom stereocenters. The van der Waals surface area contributed by atoms with Gasteiger partial charge in [0.15, 0.2) is 17.3 Å². The Kier molecular flexibility index (Phi) is 5.28. The lowest BCUT2D eigenvalue weighted by Crippen LogP contribution is -2.40. The first-order valence-corrected chi connectivity index (χ1v) is 11.0. The second-order valence-electron chi connectivity index (χ2n) is 7.79. The summed E-state index contributed by atoms with van der Waals surface area (Å²) in [6, 6.07) is 10.6. The molecule has 160 valence electrons. The van der Waals surface area contributed by atoms with Crippen LogP contribution in [-0.4, -0.2) is 47.9 Å². The Morgan fingerprint density at radius 2 is 1.71 bits per heavy atom. The van der Waals surface area contributed by atoms with Crippen molar-refractivity contribution in [2.24, 2.45) is 5.92 Å². The molecule has 6 nitrogen and oxygen atoms in total. The third-order valence-corrected chi connectivity index (χ3v) is 6.52. The van der Waals surface area contributed by atoms with Gasteiger partial charge < -0.3 is 19.4 Å². The quantitative estimate of drug-likeness (QED) is 0.561. The highest BCUT2D eigenvalue weighted by Crippen LogP contribution is 2.34. The SMILES string of the molecule is O=C(c1ccc2c(c1)OCCO2)C1CCN(C(=O)c2[nH]c3ccc(Cl)cc3c2Cl)CC1. The van der Waals surface area contributed by atoms with E-state index >= 15 is 0 Å². The lowest BCUT2D eigenvalue weighted by atomic mass is 9.88. The number of likely N-dealkylation sites (tertiary alicyclic amines) is 1. The maximum Gasteiger partial charge on any atom is 0.271 e. The van der Waals surface area contributed by atoms with Gasteiger partial charge in [0, 0.05) is 40.5 Å². The number of H-pyrrole nitrogens is 1. The summed E-state index contributed by atoms with van der Waals surface area (Å²) in [7, 11) is 0. The molecule has 0 bridgehead atoms. The molecule has 3 heterocycles. The molecule has 0 saturated carbocycles. The number of fused-ring (bicyclic) bond motifs is 2. The second kappa shape index (κ2) is 8.09. The lowest BCUT2D eigenvalue weighted by molar-refractivity contribution is 0.0646. The van der Waals surface area contributed by atoms with Crippen LogP contribution in [0.5, 0.6) is 11.5 Å². The summed E-state index contributed by atoms with van der Waals surface area (Å²) < 4.78 is 11.1. The van der Waals surface area contributed by atoms with Gasteiger partial charge in [-0.2, -0.15) is 0 Å². The normalized spacial score (nSPS) is 16.5. The first-order valence-electron chi connectivity index (χ1n) is 10.2. The van der Waals surface area contributed by atoms with E-state index in [2.05, 4.69) is 4.98 Å². The number of amides is 1. The van der Waals surface area contributed by atoms with E-state index in [1.54, 1.807) is 41.3 Å². The topological polar surface area (TPSA) is 71.6 Å². The molecule has 5 rings (SSSR count). The number of aromatic nitrogens is 1. The number of nitrogens with one attached hydrogen (secondary N) is 1. The molecular formula is C23H20Cl2N2O4. The summed E-state index contributed by atoms with van der Waals surface area (Å²) in [5.74, 6) is 1.05. The van der Waals surface area contributed by atoms with Gasteiger partial charge in [0.25, 0.3) is 5.91 Å². The standard InChI is InChI=1S/C23H20Cl2N2O4/c24-15-2-3-17-16(12-15)20(25)21(26-17)23(29)27-7-5-13(6-8-27)22(28)14-1-4-18-19(11-14)31-10-9-30-18/h1-4,11-13,26H,5-10H2. The fraction of sp³-hybridized carbons (Fsp3) is 0.304. The number of Topliss-reactive ketones (excluding diaryl/α,β-unsaturated/α-hetero) is 1. The van der Waals surface area contributed by atoms with Crippen molar-refractivity contribution in [2.45, 2.75) is 12.8 Å². The molecule has 0 spiro atoms. The minimum Gasteiger partial charge on any atom is -0.486 e. The Bertz CT molecular complexity index is 1180. The third-order valence-electron chi connectivity index (χ3n) is 5.89. The summed E-state index contributed by atoms with van der Waals surface area (Å²) in [4.78, 5) is 30.9. The molecule has 31 heavy (non-hydrogen) atoms. The fourth-order valence-corrected chi connectivity index (χ4v) is 4.67. The largest absolute Gasteiger partial charge is 0.486 e.